The van der Waals surface area contributed by atoms with E-state index in [1.54, 1.807) is 35.2 Å². The fourth-order valence-electron chi connectivity index (χ4n) is 2.87. The fourth-order valence-corrected chi connectivity index (χ4v) is 4.35. The monoisotopic (exact) mass is 506 g/mol. The van der Waals surface area contributed by atoms with E-state index in [1.165, 1.54) is 25.3 Å². The number of nitrogens with two attached hydrogens (primary N) is 1. The molecule has 0 atom stereocenters. The minimum atomic E-state index is -0.554. The molecule has 2 aromatic carbocycles. The van der Waals surface area contributed by atoms with Gasteiger partial charge in [0.25, 0.3) is 11.8 Å². The van der Waals surface area contributed by atoms with Gasteiger partial charge in [0, 0.05) is 40.3 Å². The summed E-state index contributed by atoms with van der Waals surface area (Å²) in [6, 6.07) is 11.3. The Labute approximate surface area is 204 Å². The average molecular weight is 507 g/mol. The molecule has 1 saturated heterocycles. The molecule has 1 fully saturated rings. The molecule has 3 N–H and O–H groups in total. The molecule has 0 spiro atoms. The smallest absolute Gasteiger partial charge is 0.331 e. The summed E-state index contributed by atoms with van der Waals surface area (Å²) in [6.07, 6.45) is 1.34. The van der Waals surface area contributed by atoms with Gasteiger partial charge in [-0.25, -0.2) is 4.79 Å². The standard InChI is InChI=1S/C22H20Cl2N4O4S/c1-32-19(29)11-16-12-28(15-5-2-13(3-6-15)20(30)26-9-8-25)22(33-16)27-21(31)17-7-4-14(23)10-18(17)24/h2-7,10-11H,8-9,12,25H2,1H3,(H,26,30). The van der Waals surface area contributed by atoms with Crippen LogP contribution in [0.2, 0.25) is 10.0 Å². The van der Waals surface area contributed by atoms with E-state index in [0.717, 1.165) is 11.8 Å². The van der Waals surface area contributed by atoms with Gasteiger partial charge in [-0.05, 0) is 42.5 Å². The second-order valence-electron chi connectivity index (χ2n) is 6.74. The molecule has 1 aliphatic rings. The first-order valence-electron chi connectivity index (χ1n) is 9.72. The number of esters is 1. The highest BCUT2D eigenvalue weighted by atomic mass is 35.5. The minimum Gasteiger partial charge on any atom is -0.466 e. The van der Waals surface area contributed by atoms with Crippen molar-refractivity contribution in [1.82, 2.24) is 5.32 Å². The molecule has 1 heterocycles. The van der Waals surface area contributed by atoms with Gasteiger partial charge >= 0.3 is 5.97 Å². The lowest BCUT2D eigenvalue weighted by atomic mass is 10.2. The number of amides is 2. The summed E-state index contributed by atoms with van der Waals surface area (Å²) in [5, 5.41) is 3.64. The van der Waals surface area contributed by atoms with Crippen molar-refractivity contribution in [3.63, 3.8) is 0 Å². The van der Waals surface area contributed by atoms with E-state index >= 15 is 0 Å². The molecule has 2 amide bonds. The zero-order valence-electron chi connectivity index (χ0n) is 17.5. The van der Waals surface area contributed by atoms with Crippen LogP contribution in [0.25, 0.3) is 0 Å². The third-order valence-electron chi connectivity index (χ3n) is 4.48. The Morgan fingerprint density at radius 2 is 1.94 bits per heavy atom. The van der Waals surface area contributed by atoms with Gasteiger partial charge in [-0.2, -0.15) is 4.99 Å². The van der Waals surface area contributed by atoms with E-state index in [0.29, 0.717) is 46.0 Å². The van der Waals surface area contributed by atoms with Crippen LogP contribution in [0.15, 0.2) is 58.4 Å². The first kappa shape index (κ1) is 24.8. The van der Waals surface area contributed by atoms with Gasteiger partial charge in [0.15, 0.2) is 5.17 Å². The third-order valence-corrected chi connectivity index (χ3v) is 6.03. The van der Waals surface area contributed by atoms with Crippen LogP contribution in [0.4, 0.5) is 5.69 Å². The van der Waals surface area contributed by atoms with Crippen molar-refractivity contribution < 1.29 is 19.1 Å². The van der Waals surface area contributed by atoms with E-state index in [2.05, 4.69) is 10.3 Å². The number of benzene rings is 2. The van der Waals surface area contributed by atoms with Crippen molar-refractivity contribution in [2.24, 2.45) is 10.7 Å². The summed E-state index contributed by atoms with van der Waals surface area (Å²) in [5.74, 6) is -1.31. The first-order valence-corrected chi connectivity index (χ1v) is 11.3. The number of carbonyl (C=O) groups is 3. The molecule has 0 unspecified atom stereocenters. The van der Waals surface area contributed by atoms with Gasteiger partial charge in [0.1, 0.15) is 0 Å². The Kier molecular flexibility index (Phi) is 8.51. The average Bonchev–Trinajstić information content (AvgIpc) is 3.19. The molecule has 1 aliphatic heterocycles. The Morgan fingerprint density at radius 1 is 1.21 bits per heavy atom. The van der Waals surface area contributed by atoms with Gasteiger partial charge in [0.2, 0.25) is 0 Å². The molecule has 172 valence electrons. The molecule has 8 nitrogen and oxygen atoms in total. The van der Waals surface area contributed by atoms with Crippen LogP contribution in [0.1, 0.15) is 20.7 Å². The number of ether oxygens (including phenoxy) is 1. The predicted octanol–water partition coefficient (Wildman–Crippen LogP) is 3.49. The molecule has 0 radical (unpaired) electrons. The number of amidine groups is 1. The Morgan fingerprint density at radius 3 is 2.58 bits per heavy atom. The van der Waals surface area contributed by atoms with Crippen molar-refractivity contribution in [2.45, 2.75) is 0 Å². The van der Waals surface area contributed by atoms with Crippen LogP contribution in [0.3, 0.4) is 0 Å². The van der Waals surface area contributed by atoms with Crippen LogP contribution in [-0.2, 0) is 9.53 Å². The SMILES string of the molecule is COC(=O)C=C1CN(c2ccc(C(=O)NCCN)cc2)C(=NC(=O)c2ccc(Cl)cc2Cl)S1. The Bertz CT molecular complexity index is 1140. The van der Waals surface area contributed by atoms with Crippen molar-refractivity contribution >= 4 is 63.6 Å². The lowest BCUT2D eigenvalue weighted by Gasteiger charge is -2.18. The van der Waals surface area contributed by atoms with Crippen molar-refractivity contribution in [3.05, 3.63) is 74.6 Å². The van der Waals surface area contributed by atoms with Crippen molar-refractivity contribution in [3.8, 4) is 0 Å². The fraction of sp³-hybridized carbons (Fsp3) is 0.182. The normalized spacial score (nSPS) is 15.7. The summed E-state index contributed by atoms with van der Waals surface area (Å²) in [6.45, 7) is 1.01. The second-order valence-corrected chi connectivity index (χ2v) is 8.67. The lowest BCUT2D eigenvalue weighted by molar-refractivity contribution is -0.134. The highest BCUT2D eigenvalue weighted by molar-refractivity contribution is 8.18. The highest BCUT2D eigenvalue weighted by Crippen LogP contribution is 2.34. The molecule has 11 heteroatoms. The van der Waals surface area contributed by atoms with E-state index in [-0.39, 0.29) is 16.5 Å². The Balaban J connectivity index is 1.92. The van der Waals surface area contributed by atoms with Gasteiger partial charge in [-0.1, -0.05) is 35.0 Å². The van der Waals surface area contributed by atoms with Crippen LogP contribution >= 0.6 is 35.0 Å². The zero-order valence-corrected chi connectivity index (χ0v) is 19.8. The number of hydrogen-bond donors (Lipinski definition) is 2. The van der Waals surface area contributed by atoms with E-state index in [9.17, 15) is 14.4 Å². The van der Waals surface area contributed by atoms with Crippen molar-refractivity contribution in [1.29, 1.82) is 0 Å². The number of carbonyl (C=O) groups excluding carboxylic acids is 3. The number of nitrogens with one attached hydrogen (secondary N) is 1. The predicted molar refractivity (Wildman–Crippen MR) is 131 cm³/mol. The van der Waals surface area contributed by atoms with Gasteiger partial charge in [-0.3, -0.25) is 9.59 Å². The number of hydrogen-bond acceptors (Lipinski definition) is 6. The zero-order chi connectivity index (χ0) is 24.0. The van der Waals surface area contributed by atoms with Gasteiger partial charge < -0.3 is 20.7 Å². The summed E-state index contributed by atoms with van der Waals surface area (Å²) >= 11 is 13.2. The maximum absolute atomic E-state index is 12.8. The lowest BCUT2D eigenvalue weighted by Crippen LogP contribution is -2.29. The molecule has 0 aliphatic carbocycles. The summed E-state index contributed by atoms with van der Waals surface area (Å²) < 4.78 is 4.70. The number of nitrogens with zero attached hydrogens (tertiary/aromatic N) is 2. The number of rotatable bonds is 6. The number of halogens is 2. The Hall–Kier alpha value is -2.85. The third kappa shape index (κ3) is 6.35. The number of anilines is 1. The quantitative estimate of drug-likeness (QED) is 0.455. The van der Waals surface area contributed by atoms with E-state index in [4.69, 9.17) is 33.7 Å². The van der Waals surface area contributed by atoms with Gasteiger partial charge in [-0.15, -0.1) is 0 Å². The largest absolute Gasteiger partial charge is 0.466 e. The number of thioether (sulfide) groups is 1. The van der Waals surface area contributed by atoms with Crippen LogP contribution in [0.5, 0.6) is 0 Å². The maximum Gasteiger partial charge on any atom is 0.331 e. The van der Waals surface area contributed by atoms with Gasteiger partial charge in [0.05, 0.1) is 24.2 Å². The molecular formula is C22H20Cl2N4O4S. The molecular weight excluding hydrogens is 487 g/mol. The van der Waals surface area contributed by atoms with Crippen LogP contribution in [-0.4, -0.2) is 49.7 Å². The summed E-state index contributed by atoms with van der Waals surface area (Å²) in [5.41, 5.74) is 6.76. The van der Waals surface area contributed by atoms with E-state index in [1.807, 2.05) is 0 Å². The first-order chi connectivity index (χ1) is 15.8. The number of methoxy groups -OCH3 is 1. The van der Waals surface area contributed by atoms with Crippen LogP contribution < -0.4 is 16.0 Å². The molecule has 0 saturated carbocycles. The molecule has 3 rings (SSSR count). The van der Waals surface area contributed by atoms with Crippen molar-refractivity contribution in [2.75, 3.05) is 31.6 Å². The van der Waals surface area contributed by atoms with E-state index < -0.39 is 11.9 Å². The minimum absolute atomic E-state index is 0.185. The summed E-state index contributed by atoms with van der Waals surface area (Å²) in [7, 11) is 1.28. The maximum atomic E-state index is 12.8. The molecule has 0 aromatic heterocycles. The summed E-state index contributed by atoms with van der Waals surface area (Å²) in [4.78, 5) is 43.3. The van der Waals surface area contributed by atoms with Crippen LogP contribution in [0, 0.1) is 0 Å². The second kappa shape index (κ2) is 11.3. The topological polar surface area (TPSA) is 114 Å². The molecule has 33 heavy (non-hydrogen) atoms. The molecule has 0 bridgehead atoms. The molecule has 2 aromatic rings. The number of aliphatic imine (C=N–C) groups is 1. The highest BCUT2D eigenvalue weighted by Gasteiger charge is 2.28.